The molecule has 140 valence electrons. The van der Waals surface area contributed by atoms with Crippen molar-refractivity contribution < 1.29 is 9.53 Å². The van der Waals surface area contributed by atoms with Crippen LogP contribution in [0.5, 0.6) is 0 Å². The largest absolute Gasteiger partial charge is 0.444 e. The van der Waals surface area contributed by atoms with Crippen molar-refractivity contribution in [2.24, 2.45) is 0 Å². The predicted molar refractivity (Wildman–Crippen MR) is 103 cm³/mol. The molecule has 0 heterocycles. The molecule has 1 N–H and O–H groups in total. The van der Waals surface area contributed by atoms with Crippen LogP contribution in [-0.4, -0.2) is 53.3 Å². The van der Waals surface area contributed by atoms with Crippen molar-refractivity contribution in [2.45, 2.75) is 88.5 Å². The van der Waals surface area contributed by atoms with Crippen molar-refractivity contribution in [3.05, 3.63) is 0 Å². The van der Waals surface area contributed by atoms with Crippen molar-refractivity contribution in [3.8, 4) is 0 Å². The third kappa shape index (κ3) is 6.47. The molecule has 0 bridgehead atoms. The van der Waals surface area contributed by atoms with E-state index in [1.54, 1.807) is 0 Å². The molecule has 24 heavy (non-hydrogen) atoms. The zero-order valence-corrected chi connectivity index (χ0v) is 16.8. The Morgan fingerprint density at radius 2 is 1.83 bits per heavy atom. The maximum absolute atomic E-state index is 12.7. The molecular formula is C19H36N2O2S. The quantitative estimate of drug-likeness (QED) is 0.541. The monoisotopic (exact) mass is 356 g/mol. The number of amides is 1. The van der Waals surface area contributed by atoms with Gasteiger partial charge in [0.25, 0.3) is 0 Å². The SMILES string of the molecule is CSC1(CNCCN(C(=O)OC(C)(C)C)C2CCCCCC2)CC1. The number of hydrogen-bond acceptors (Lipinski definition) is 4. The molecular weight excluding hydrogens is 320 g/mol. The highest BCUT2D eigenvalue weighted by atomic mass is 32.2. The molecule has 0 saturated heterocycles. The van der Waals surface area contributed by atoms with Gasteiger partial charge in [-0.1, -0.05) is 25.7 Å². The van der Waals surface area contributed by atoms with Gasteiger partial charge in [-0.15, -0.1) is 0 Å². The molecule has 0 aliphatic heterocycles. The van der Waals surface area contributed by atoms with Crippen molar-refractivity contribution in [1.82, 2.24) is 10.2 Å². The maximum Gasteiger partial charge on any atom is 0.410 e. The summed E-state index contributed by atoms with van der Waals surface area (Å²) >= 11 is 1.97. The Balaban J connectivity index is 1.87. The molecule has 0 atom stereocenters. The lowest BCUT2D eigenvalue weighted by atomic mass is 10.1. The predicted octanol–water partition coefficient (Wildman–Crippen LogP) is 4.43. The Bertz CT molecular complexity index is 397. The molecule has 2 rings (SSSR count). The first kappa shape index (κ1) is 19.9. The van der Waals surface area contributed by atoms with E-state index in [-0.39, 0.29) is 6.09 Å². The molecule has 0 aromatic heterocycles. The average molecular weight is 357 g/mol. The summed E-state index contributed by atoms with van der Waals surface area (Å²) in [6, 6.07) is 0.347. The molecule has 0 radical (unpaired) electrons. The van der Waals surface area contributed by atoms with Gasteiger partial charge in [0, 0.05) is 30.4 Å². The van der Waals surface area contributed by atoms with E-state index in [0.717, 1.165) is 32.5 Å². The Morgan fingerprint density at radius 3 is 2.33 bits per heavy atom. The van der Waals surface area contributed by atoms with Crippen molar-refractivity contribution in [3.63, 3.8) is 0 Å². The molecule has 0 aromatic rings. The molecule has 2 aliphatic carbocycles. The zero-order valence-electron chi connectivity index (χ0n) is 16.0. The second-order valence-electron chi connectivity index (χ2n) is 8.38. The molecule has 2 aliphatic rings. The summed E-state index contributed by atoms with van der Waals surface area (Å²) in [4.78, 5) is 14.7. The van der Waals surface area contributed by atoms with Gasteiger partial charge >= 0.3 is 6.09 Å². The standard InChI is InChI=1S/C19H36N2O2S/c1-18(2,3)23-17(22)21(16-9-7-5-6-8-10-16)14-13-20-15-19(24-4)11-12-19/h16,20H,5-15H2,1-4H3. The number of thioether (sulfide) groups is 1. The van der Waals surface area contributed by atoms with Crippen LogP contribution in [0.2, 0.25) is 0 Å². The van der Waals surface area contributed by atoms with E-state index in [2.05, 4.69) is 11.6 Å². The average Bonchev–Trinajstić information content (AvgIpc) is 3.30. The summed E-state index contributed by atoms with van der Waals surface area (Å²) in [6.07, 6.45) is 12.0. The van der Waals surface area contributed by atoms with Crippen LogP contribution in [0.1, 0.15) is 72.1 Å². The van der Waals surface area contributed by atoms with Gasteiger partial charge in [-0.2, -0.15) is 11.8 Å². The molecule has 5 heteroatoms. The van der Waals surface area contributed by atoms with E-state index in [1.807, 2.05) is 37.4 Å². The topological polar surface area (TPSA) is 41.6 Å². The van der Waals surface area contributed by atoms with E-state index >= 15 is 0 Å². The highest BCUT2D eigenvalue weighted by molar-refractivity contribution is 8.00. The minimum Gasteiger partial charge on any atom is -0.444 e. The second kappa shape index (κ2) is 8.79. The summed E-state index contributed by atoms with van der Waals surface area (Å²) in [6.45, 7) is 8.51. The number of ether oxygens (including phenoxy) is 1. The lowest BCUT2D eigenvalue weighted by Gasteiger charge is -2.33. The fourth-order valence-electron chi connectivity index (χ4n) is 3.42. The number of carbonyl (C=O) groups excluding carboxylic acids is 1. The van der Waals surface area contributed by atoms with Crippen LogP contribution in [0.3, 0.4) is 0 Å². The first-order valence-corrected chi connectivity index (χ1v) is 10.8. The van der Waals surface area contributed by atoms with Gasteiger partial charge in [0.15, 0.2) is 0 Å². The smallest absolute Gasteiger partial charge is 0.410 e. The molecule has 0 aromatic carbocycles. The first-order chi connectivity index (χ1) is 11.4. The molecule has 2 saturated carbocycles. The Labute approximate surface area is 152 Å². The zero-order chi connectivity index (χ0) is 17.6. The lowest BCUT2D eigenvalue weighted by Crippen LogP contribution is -2.46. The van der Waals surface area contributed by atoms with Crippen LogP contribution >= 0.6 is 11.8 Å². The van der Waals surface area contributed by atoms with Gasteiger partial charge in [-0.3, -0.25) is 0 Å². The Morgan fingerprint density at radius 1 is 1.21 bits per heavy atom. The first-order valence-electron chi connectivity index (χ1n) is 9.61. The van der Waals surface area contributed by atoms with Crippen molar-refractivity contribution in [2.75, 3.05) is 25.9 Å². The second-order valence-corrected chi connectivity index (χ2v) is 9.66. The van der Waals surface area contributed by atoms with E-state index in [1.165, 1.54) is 38.5 Å². The minimum absolute atomic E-state index is 0.137. The van der Waals surface area contributed by atoms with Gasteiger partial charge in [0.05, 0.1) is 0 Å². The van der Waals surface area contributed by atoms with Gasteiger partial charge in [0.2, 0.25) is 0 Å². The van der Waals surface area contributed by atoms with Gasteiger partial charge in [-0.25, -0.2) is 4.79 Å². The highest BCUT2D eigenvalue weighted by Gasteiger charge is 2.41. The number of nitrogens with one attached hydrogen (secondary N) is 1. The summed E-state index contributed by atoms with van der Waals surface area (Å²) in [5.41, 5.74) is -0.426. The van der Waals surface area contributed by atoms with Crippen LogP contribution in [0.4, 0.5) is 4.79 Å². The van der Waals surface area contributed by atoms with Crippen LogP contribution in [-0.2, 0) is 4.74 Å². The number of carbonyl (C=O) groups is 1. The van der Waals surface area contributed by atoms with E-state index < -0.39 is 5.60 Å². The molecule has 1 amide bonds. The highest BCUT2D eigenvalue weighted by Crippen LogP contribution is 2.46. The third-order valence-corrected chi connectivity index (χ3v) is 6.53. The molecule has 0 unspecified atom stereocenters. The summed E-state index contributed by atoms with van der Waals surface area (Å²) < 4.78 is 6.15. The summed E-state index contributed by atoms with van der Waals surface area (Å²) in [5, 5.41) is 3.57. The van der Waals surface area contributed by atoms with Gasteiger partial charge < -0.3 is 15.0 Å². The fourth-order valence-corrected chi connectivity index (χ4v) is 4.18. The van der Waals surface area contributed by atoms with Crippen LogP contribution in [0.25, 0.3) is 0 Å². The normalized spacial score (nSPS) is 21.2. The van der Waals surface area contributed by atoms with E-state index in [4.69, 9.17) is 4.74 Å². The number of nitrogens with zero attached hydrogens (tertiary/aromatic N) is 1. The molecule has 2 fully saturated rings. The number of rotatable bonds is 7. The third-order valence-electron chi connectivity index (χ3n) is 5.11. The van der Waals surface area contributed by atoms with Crippen LogP contribution in [0, 0.1) is 0 Å². The molecule has 4 nitrogen and oxygen atoms in total. The van der Waals surface area contributed by atoms with Crippen LogP contribution < -0.4 is 5.32 Å². The van der Waals surface area contributed by atoms with Crippen molar-refractivity contribution >= 4 is 17.9 Å². The minimum atomic E-state index is -0.426. The Hall–Kier alpha value is -0.420. The summed E-state index contributed by atoms with van der Waals surface area (Å²) in [5.74, 6) is 0. The number of hydrogen-bond donors (Lipinski definition) is 1. The maximum atomic E-state index is 12.7. The fraction of sp³-hybridized carbons (Fsp3) is 0.947. The summed E-state index contributed by atoms with van der Waals surface area (Å²) in [7, 11) is 0. The van der Waals surface area contributed by atoms with E-state index in [0.29, 0.717) is 10.8 Å². The van der Waals surface area contributed by atoms with Crippen LogP contribution in [0.15, 0.2) is 0 Å². The van der Waals surface area contributed by atoms with Gasteiger partial charge in [-0.05, 0) is 52.7 Å². The van der Waals surface area contributed by atoms with Crippen molar-refractivity contribution in [1.29, 1.82) is 0 Å². The lowest BCUT2D eigenvalue weighted by molar-refractivity contribution is 0.0147. The van der Waals surface area contributed by atoms with Gasteiger partial charge in [0.1, 0.15) is 5.60 Å². The molecule has 0 spiro atoms. The van der Waals surface area contributed by atoms with E-state index in [9.17, 15) is 4.79 Å². The Kier molecular flexibility index (Phi) is 7.29.